The van der Waals surface area contributed by atoms with Crippen LogP contribution in [0.15, 0.2) is 18.2 Å². The average Bonchev–Trinajstić information content (AvgIpc) is 2.70. The maximum Gasteiger partial charge on any atom is 0.253 e. The summed E-state index contributed by atoms with van der Waals surface area (Å²) in [4.78, 5) is 16.8. The van der Waals surface area contributed by atoms with E-state index < -0.39 is 0 Å². The first-order valence-corrected chi connectivity index (χ1v) is 7.39. The standard InChI is InChI=1S/C17H23N3O/c1-14-6-7-16(13-15(14)5-3-8-18)17(21)20-10-4-9-19(2)11-12-20/h6-7,13H,4,8-12,18H2,1-2H3. The molecule has 0 saturated carbocycles. The van der Waals surface area contributed by atoms with Crippen molar-refractivity contribution in [2.75, 3.05) is 39.8 Å². The number of hydrogen-bond acceptors (Lipinski definition) is 3. The molecule has 0 bridgehead atoms. The average molecular weight is 285 g/mol. The van der Waals surface area contributed by atoms with Crippen molar-refractivity contribution in [3.63, 3.8) is 0 Å². The van der Waals surface area contributed by atoms with Crippen LogP contribution in [0.3, 0.4) is 0 Å². The van der Waals surface area contributed by atoms with Gasteiger partial charge in [-0.05, 0) is 44.6 Å². The van der Waals surface area contributed by atoms with Gasteiger partial charge in [0.25, 0.3) is 5.91 Å². The van der Waals surface area contributed by atoms with Gasteiger partial charge in [-0.1, -0.05) is 17.9 Å². The molecule has 0 spiro atoms. The largest absolute Gasteiger partial charge is 0.337 e. The highest BCUT2D eigenvalue weighted by Gasteiger charge is 2.19. The van der Waals surface area contributed by atoms with Crippen LogP contribution >= 0.6 is 0 Å². The number of aryl methyl sites for hydroxylation is 1. The number of hydrogen-bond donors (Lipinski definition) is 1. The van der Waals surface area contributed by atoms with Gasteiger partial charge in [0.05, 0.1) is 6.54 Å². The minimum Gasteiger partial charge on any atom is -0.337 e. The van der Waals surface area contributed by atoms with E-state index in [1.54, 1.807) is 0 Å². The zero-order valence-corrected chi connectivity index (χ0v) is 12.9. The Morgan fingerprint density at radius 1 is 1.29 bits per heavy atom. The van der Waals surface area contributed by atoms with Crippen LogP contribution in [0.25, 0.3) is 0 Å². The van der Waals surface area contributed by atoms with E-state index in [0.29, 0.717) is 12.1 Å². The number of nitrogens with zero attached hydrogens (tertiary/aromatic N) is 2. The minimum absolute atomic E-state index is 0.0982. The van der Waals surface area contributed by atoms with Crippen molar-refractivity contribution in [2.24, 2.45) is 5.73 Å². The maximum atomic E-state index is 12.6. The molecule has 1 amide bonds. The lowest BCUT2D eigenvalue weighted by Crippen LogP contribution is -2.34. The zero-order chi connectivity index (χ0) is 15.2. The summed E-state index contributed by atoms with van der Waals surface area (Å²) in [6.45, 7) is 5.90. The Kier molecular flexibility index (Phi) is 5.38. The van der Waals surface area contributed by atoms with Crippen LogP contribution in [0.4, 0.5) is 0 Å². The van der Waals surface area contributed by atoms with Gasteiger partial charge in [-0.25, -0.2) is 0 Å². The van der Waals surface area contributed by atoms with Gasteiger partial charge in [0.2, 0.25) is 0 Å². The van der Waals surface area contributed by atoms with Crippen molar-refractivity contribution in [1.82, 2.24) is 9.80 Å². The van der Waals surface area contributed by atoms with Crippen molar-refractivity contribution in [2.45, 2.75) is 13.3 Å². The first-order valence-electron chi connectivity index (χ1n) is 7.39. The molecule has 112 valence electrons. The summed E-state index contributed by atoms with van der Waals surface area (Å²) in [5.41, 5.74) is 8.09. The molecule has 1 aliphatic rings. The van der Waals surface area contributed by atoms with E-state index in [1.165, 1.54) is 0 Å². The fourth-order valence-corrected chi connectivity index (χ4v) is 2.47. The van der Waals surface area contributed by atoms with Crippen LogP contribution in [0.5, 0.6) is 0 Å². The second-order valence-corrected chi connectivity index (χ2v) is 5.48. The van der Waals surface area contributed by atoms with Gasteiger partial charge in [0.15, 0.2) is 0 Å². The first-order chi connectivity index (χ1) is 10.1. The lowest BCUT2D eigenvalue weighted by atomic mass is 10.0. The molecular formula is C17H23N3O. The Balaban J connectivity index is 2.18. The maximum absolute atomic E-state index is 12.6. The van der Waals surface area contributed by atoms with Gasteiger partial charge in [-0.3, -0.25) is 4.79 Å². The zero-order valence-electron chi connectivity index (χ0n) is 12.9. The Morgan fingerprint density at radius 2 is 2.10 bits per heavy atom. The van der Waals surface area contributed by atoms with E-state index in [4.69, 9.17) is 5.73 Å². The fraction of sp³-hybridized carbons (Fsp3) is 0.471. The van der Waals surface area contributed by atoms with E-state index in [0.717, 1.165) is 43.7 Å². The normalized spacial score (nSPS) is 16.0. The van der Waals surface area contributed by atoms with Crippen LogP contribution in [0.1, 0.15) is 27.9 Å². The predicted molar refractivity (Wildman–Crippen MR) is 85.1 cm³/mol. The fourth-order valence-electron chi connectivity index (χ4n) is 2.47. The molecule has 21 heavy (non-hydrogen) atoms. The molecule has 0 aliphatic carbocycles. The van der Waals surface area contributed by atoms with Crippen LogP contribution < -0.4 is 5.73 Å². The van der Waals surface area contributed by atoms with Crippen molar-refractivity contribution >= 4 is 5.91 Å². The molecule has 2 N–H and O–H groups in total. The topological polar surface area (TPSA) is 49.6 Å². The number of nitrogens with two attached hydrogens (primary N) is 1. The van der Waals surface area contributed by atoms with E-state index in [2.05, 4.69) is 23.8 Å². The van der Waals surface area contributed by atoms with Crippen molar-refractivity contribution in [3.8, 4) is 11.8 Å². The molecule has 1 aromatic carbocycles. The molecule has 0 unspecified atom stereocenters. The smallest absolute Gasteiger partial charge is 0.253 e. The van der Waals surface area contributed by atoms with Gasteiger partial charge in [0.1, 0.15) is 0 Å². The Labute approximate surface area is 126 Å². The van der Waals surface area contributed by atoms with Gasteiger partial charge in [0, 0.05) is 30.8 Å². The third-order valence-electron chi connectivity index (χ3n) is 3.82. The SMILES string of the molecule is Cc1ccc(C(=O)N2CCCN(C)CC2)cc1C#CCN. The van der Waals surface area contributed by atoms with Gasteiger partial charge < -0.3 is 15.5 Å². The lowest BCUT2D eigenvalue weighted by molar-refractivity contribution is 0.0763. The quantitative estimate of drug-likeness (QED) is 0.786. The number of carbonyl (C=O) groups is 1. The van der Waals surface area contributed by atoms with Crippen LogP contribution in [-0.2, 0) is 0 Å². The first kappa shape index (κ1) is 15.6. The summed E-state index contributed by atoms with van der Waals surface area (Å²) in [6.07, 6.45) is 1.02. The van der Waals surface area contributed by atoms with E-state index in [-0.39, 0.29) is 5.91 Å². The van der Waals surface area contributed by atoms with Crippen LogP contribution in [0.2, 0.25) is 0 Å². The second kappa shape index (κ2) is 7.26. The molecular weight excluding hydrogens is 262 g/mol. The summed E-state index contributed by atoms with van der Waals surface area (Å²) < 4.78 is 0. The summed E-state index contributed by atoms with van der Waals surface area (Å²) >= 11 is 0. The van der Waals surface area contributed by atoms with E-state index in [9.17, 15) is 4.79 Å². The molecule has 4 nitrogen and oxygen atoms in total. The number of carbonyl (C=O) groups excluding carboxylic acids is 1. The van der Waals surface area contributed by atoms with Gasteiger partial charge in [-0.2, -0.15) is 0 Å². The molecule has 1 aliphatic heterocycles. The van der Waals surface area contributed by atoms with E-state index in [1.807, 2.05) is 30.0 Å². The second-order valence-electron chi connectivity index (χ2n) is 5.48. The molecule has 1 heterocycles. The molecule has 0 radical (unpaired) electrons. The highest BCUT2D eigenvalue weighted by molar-refractivity contribution is 5.94. The van der Waals surface area contributed by atoms with E-state index >= 15 is 0 Å². The van der Waals surface area contributed by atoms with Crippen LogP contribution in [-0.4, -0.2) is 55.5 Å². The Bertz CT molecular complexity index is 571. The molecule has 0 aromatic heterocycles. The highest BCUT2D eigenvalue weighted by atomic mass is 16.2. The summed E-state index contributed by atoms with van der Waals surface area (Å²) in [5, 5.41) is 0. The summed E-state index contributed by atoms with van der Waals surface area (Å²) in [5.74, 6) is 5.99. The van der Waals surface area contributed by atoms with Crippen molar-refractivity contribution in [3.05, 3.63) is 34.9 Å². The van der Waals surface area contributed by atoms with Crippen molar-refractivity contribution < 1.29 is 4.79 Å². The lowest BCUT2D eigenvalue weighted by Gasteiger charge is -2.21. The number of likely N-dealkylation sites (N-methyl/N-ethyl adjacent to an activating group) is 1. The minimum atomic E-state index is 0.0982. The van der Waals surface area contributed by atoms with Crippen molar-refractivity contribution in [1.29, 1.82) is 0 Å². The molecule has 2 rings (SSSR count). The molecule has 1 aromatic rings. The summed E-state index contributed by atoms with van der Waals surface area (Å²) in [7, 11) is 2.10. The van der Waals surface area contributed by atoms with Gasteiger partial charge in [-0.15, -0.1) is 0 Å². The molecule has 0 atom stereocenters. The third-order valence-corrected chi connectivity index (χ3v) is 3.82. The third kappa shape index (κ3) is 4.07. The molecule has 4 heteroatoms. The predicted octanol–water partition coefficient (Wildman–Crippen LogP) is 1.08. The number of benzene rings is 1. The van der Waals surface area contributed by atoms with Crippen LogP contribution in [0, 0.1) is 18.8 Å². The molecule has 1 fully saturated rings. The molecule has 1 saturated heterocycles. The number of rotatable bonds is 1. The van der Waals surface area contributed by atoms with Gasteiger partial charge >= 0.3 is 0 Å². The Morgan fingerprint density at radius 3 is 2.86 bits per heavy atom. The summed E-state index contributed by atoms with van der Waals surface area (Å²) in [6, 6.07) is 5.73. The monoisotopic (exact) mass is 285 g/mol. The Hall–Kier alpha value is -1.83. The number of amides is 1. The highest BCUT2D eigenvalue weighted by Crippen LogP contribution is 2.13.